The largest absolute Gasteiger partial charge is 0.497 e. The predicted octanol–water partition coefficient (Wildman–Crippen LogP) is 2.16. The Morgan fingerprint density at radius 3 is 2.86 bits per heavy atom. The highest BCUT2D eigenvalue weighted by Gasteiger charge is 2.06. The predicted molar refractivity (Wildman–Crippen MR) is 87.4 cm³/mol. The number of hydrogen-bond donors (Lipinski definition) is 0. The molecule has 0 bridgehead atoms. The highest BCUT2D eigenvalue weighted by molar-refractivity contribution is 7.71. The van der Waals surface area contributed by atoms with Crippen molar-refractivity contribution in [3.8, 4) is 5.75 Å². The zero-order valence-corrected chi connectivity index (χ0v) is 14.0. The van der Waals surface area contributed by atoms with Crippen molar-refractivity contribution in [1.82, 2.24) is 19.2 Å². The van der Waals surface area contributed by atoms with Gasteiger partial charge < -0.3 is 14.0 Å². The van der Waals surface area contributed by atoms with E-state index in [1.807, 2.05) is 34.5 Å². The van der Waals surface area contributed by atoms with E-state index in [9.17, 15) is 0 Å². The lowest BCUT2D eigenvalue weighted by Gasteiger charge is -2.17. The number of ether oxygens (including phenoxy) is 2. The fraction of sp³-hybridized carbons (Fsp3) is 0.467. The summed E-state index contributed by atoms with van der Waals surface area (Å²) in [5.74, 6) is 0.867. The number of hydrogen-bond acceptors (Lipinski definition) is 5. The van der Waals surface area contributed by atoms with Gasteiger partial charge in [-0.15, -0.1) is 0 Å². The van der Waals surface area contributed by atoms with E-state index in [1.54, 1.807) is 20.5 Å². The summed E-state index contributed by atoms with van der Waals surface area (Å²) in [6.07, 6.45) is 1.75. The third kappa shape index (κ3) is 4.40. The van der Waals surface area contributed by atoms with Crippen LogP contribution < -0.4 is 4.74 Å². The van der Waals surface area contributed by atoms with E-state index >= 15 is 0 Å². The molecule has 120 valence electrons. The van der Waals surface area contributed by atoms with Crippen molar-refractivity contribution in [1.29, 1.82) is 0 Å². The molecule has 1 heterocycles. The third-order valence-electron chi connectivity index (χ3n) is 3.30. The summed E-state index contributed by atoms with van der Waals surface area (Å²) in [7, 11) is 5.39. The lowest BCUT2D eigenvalue weighted by atomic mass is 10.2. The molecule has 1 aromatic carbocycles. The minimum atomic E-state index is 0.625. The first kappa shape index (κ1) is 16.7. The number of benzene rings is 1. The molecule has 0 atom stereocenters. The number of methoxy groups -OCH3 is 2. The molecule has 2 aromatic rings. The SMILES string of the molecule is COCCn1cnn(CN(C)Cc2cccc(OC)c2)c1=S. The summed E-state index contributed by atoms with van der Waals surface area (Å²) in [6, 6.07) is 8.05. The molecular formula is C15H22N4O2S. The molecule has 2 rings (SSSR count). The van der Waals surface area contributed by atoms with E-state index in [-0.39, 0.29) is 0 Å². The van der Waals surface area contributed by atoms with E-state index in [4.69, 9.17) is 21.7 Å². The minimum absolute atomic E-state index is 0.625. The summed E-state index contributed by atoms with van der Waals surface area (Å²) in [5, 5.41) is 4.34. The number of nitrogens with zero attached hydrogens (tertiary/aromatic N) is 4. The second-order valence-electron chi connectivity index (χ2n) is 5.11. The average molecular weight is 322 g/mol. The van der Waals surface area contributed by atoms with Crippen LogP contribution in [-0.2, 0) is 24.5 Å². The monoisotopic (exact) mass is 322 g/mol. The van der Waals surface area contributed by atoms with Crippen LogP contribution in [0.15, 0.2) is 30.6 Å². The Balaban J connectivity index is 1.98. The van der Waals surface area contributed by atoms with Gasteiger partial charge in [-0.1, -0.05) is 12.1 Å². The number of rotatable bonds is 8. The van der Waals surface area contributed by atoms with Crippen molar-refractivity contribution in [2.75, 3.05) is 27.9 Å². The van der Waals surface area contributed by atoms with Crippen molar-refractivity contribution in [3.63, 3.8) is 0 Å². The van der Waals surface area contributed by atoms with Crippen molar-refractivity contribution in [2.24, 2.45) is 0 Å². The maximum Gasteiger partial charge on any atom is 0.198 e. The van der Waals surface area contributed by atoms with Crippen LogP contribution in [0.1, 0.15) is 5.56 Å². The van der Waals surface area contributed by atoms with Gasteiger partial charge in [-0.05, 0) is 37.0 Å². The molecule has 0 saturated carbocycles. The Morgan fingerprint density at radius 2 is 2.14 bits per heavy atom. The van der Waals surface area contributed by atoms with Crippen LogP contribution in [0.4, 0.5) is 0 Å². The number of aromatic nitrogens is 3. The summed E-state index contributed by atoms with van der Waals surface area (Å²) in [5.41, 5.74) is 1.19. The van der Waals surface area contributed by atoms with Gasteiger partial charge in [0.15, 0.2) is 4.77 Å². The van der Waals surface area contributed by atoms with Gasteiger partial charge in [0.05, 0.1) is 20.4 Å². The van der Waals surface area contributed by atoms with Gasteiger partial charge in [-0.2, -0.15) is 5.10 Å². The molecule has 0 radical (unpaired) electrons. The van der Waals surface area contributed by atoms with Crippen molar-refractivity contribution in [2.45, 2.75) is 19.8 Å². The fourth-order valence-corrected chi connectivity index (χ4v) is 2.42. The van der Waals surface area contributed by atoms with Crippen LogP contribution in [0, 0.1) is 4.77 Å². The molecule has 0 aliphatic heterocycles. The Morgan fingerprint density at radius 1 is 1.32 bits per heavy atom. The van der Waals surface area contributed by atoms with Gasteiger partial charge in [0.2, 0.25) is 0 Å². The Labute approximate surface area is 135 Å². The first-order valence-corrected chi connectivity index (χ1v) is 7.47. The topological polar surface area (TPSA) is 44.5 Å². The molecule has 7 heteroatoms. The summed E-state index contributed by atoms with van der Waals surface area (Å²) < 4.78 is 14.7. The first-order chi connectivity index (χ1) is 10.6. The normalized spacial score (nSPS) is 11.1. The highest BCUT2D eigenvalue weighted by atomic mass is 32.1. The average Bonchev–Trinajstić information content (AvgIpc) is 2.86. The molecule has 0 spiro atoms. The van der Waals surface area contributed by atoms with E-state index < -0.39 is 0 Å². The van der Waals surface area contributed by atoms with Gasteiger partial charge in [0.1, 0.15) is 12.1 Å². The van der Waals surface area contributed by atoms with Crippen LogP contribution in [-0.4, -0.2) is 47.1 Å². The van der Waals surface area contributed by atoms with Crippen LogP contribution in [0.3, 0.4) is 0 Å². The second kappa shape index (κ2) is 8.07. The van der Waals surface area contributed by atoms with Crippen molar-refractivity contribution in [3.05, 3.63) is 40.9 Å². The van der Waals surface area contributed by atoms with Crippen molar-refractivity contribution < 1.29 is 9.47 Å². The van der Waals surface area contributed by atoms with Crippen molar-refractivity contribution >= 4 is 12.2 Å². The molecule has 6 nitrogen and oxygen atoms in total. The van der Waals surface area contributed by atoms with Crippen LogP contribution in [0.5, 0.6) is 5.75 Å². The molecule has 0 amide bonds. The first-order valence-electron chi connectivity index (χ1n) is 7.06. The van der Waals surface area contributed by atoms with Gasteiger partial charge in [0, 0.05) is 20.2 Å². The lowest BCUT2D eigenvalue weighted by molar-refractivity contribution is 0.186. The maximum atomic E-state index is 5.42. The third-order valence-corrected chi connectivity index (χ3v) is 3.74. The van der Waals surface area contributed by atoms with Gasteiger partial charge in [0.25, 0.3) is 0 Å². The molecule has 0 fully saturated rings. The summed E-state index contributed by atoms with van der Waals surface area (Å²) >= 11 is 5.42. The molecule has 22 heavy (non-hydrogen) atoms. The Hall–Kier alpha value is -1.70. The zero-order valence-electron chi connectivity index (χ0n) is 13.2. The molecular weight excluding hydrogens is 300 g/mol. The lowest BCUT2D eigenvalue weighted by Crippen LogP contribution is -2.22. The minimum Gasteiger partial charge on any atom is -0.497 e. The molecule has 1 aromatic heterocycles. The molecule has 0 N–H and O–H groups in total. The summed E-state index contributed by atoms with van der Waals surface area (Å²) in [6.45, 7) is 2.77. The van der Waals surface area contributed by atoms with E-state index in [2.05, 4.69) is 16.1 Å². The smallest absolute Gasteiger partial charge is 0.198 e. The molecule has 0 aliphatic carbocycles. The molecule has 0 aliphatic rings. The maximum absolute atomic E-state index is 5.42. The second-order valence-corrected chi connectivity index (χ2v) is 5.47. The zero-order chi connectivity index (χ0) is 15.9. The van der Waals surface area contributed by atoms with Gasteiger partial charge in [-0.3, -0.25) is 4.90 Å². The van der Waals surface area contributed by atoms with Crippen LogP contribution >= 0.6 is 12.2 Å². The Bertz CT molecular complexity index is 653. The van der Waals surface area contributed by atoms with Crippen LogP contribution in [0.25, 0.3) is 0 Å². The Kier molecular flexibility index (Phi) is 6.11. The summed E-state index contributed by atoms with van der Waals surface area (Å²) in [4.78, 5) is 2.15. The molecule has 0 unspecified atom stereocenters. The van der Waals surface area contributed by atoms with E-state index in [0.717, 1.165) is 18.8 Å². The standard InChI is InChI=1S/C15H22N4O2S/c1-17(10-13-5-4-6-14(9-13)21-3)12-19-15(22)18(11-16-19)7-8-20-2/h4-6,9,11H,7-8,10,12H2,1-3H3. The fourth-order valence-electron chi connectivity index (χ4n) is 2.17. The molecule has 0 saturated heterocycles. The van der Waals surface area contributed by atoms with E-state index in [1.165, 1.54) is 5.56 Å². The van der Waals surface area contributed by atoms with Gasteiger partial charge in [-0.25, -0.2) is 4.68 Å². The quantitative estimate of drug-likeness (QED) is 0.697. The van der Waals surface area contributed by atoms with E-state index in [0.29, 0.717) is 18.0 Å². The van der Waals surface area contributed by atoms with Gasteiger partial charge >= 0.3 is 0 Å². The van der Waals surface area contributed by atoms with Crippen LogP contribution in [0.2, 0.25) is 0 Å². The highest BCUT2D eigenvalue weighted by Crippen LogP contribution is 2.14.